The van der Waals surface area contributed by atoms with Crippen LogP contribution in [-0.2, 0) is 16.1 Å². The SMILES string of the molecule is CC(C)C[C@@H](OC(=O)c1cccs1)C(=O)NCc1ccco1. The van der Waals surface area contributed by atoms with Crippen LogP contribution in [0.2, 0.25) is 0 Å². The first-order valence-electron chi connectivity index (χ1n) is 7.11. The lowest BCUT2D eigenvalue weighted by molar-refractivity contribution is -0.131. The second kappa shape index (κ2) is 7.79. The molecule has 5 nitrogen and oxygen atoms in total. The Bertz CT molecular complexity index is 590. The van der Waals surface area contributed by atoms with Gasteiger partial charge in [-0.2, -0.15) is 0 Å². The van der Waals surface area contributed by atoms with E-state index in [1.807, 2.05) is 13.8 Å². The Balaban J connectivity index is 1.95. The van der Waals surface area contributed by atoms with Gasteiger partial charge in [-0.15, -0.1) is 11.3 Å². The topological polar surface area (TPSA) is 68.5 Å². The number of amides is 1. The first-order chi connectivity index (χ1) is 10.6. The molecule has 0 aliphatic heterocycles. The van der Waals surface area contributed by atoms with Gasteiger partial charge in [0.25, 0.3) is 5.91 Å². The predicted octanol–water partition coefficient (Wildman–Crippen LogP) is 3.23. The molecule has 2 heterocycles. The van der Waals surface area contributed by atoms with E-state index in [2.05, 4.69) is 5.32 Å². The Morgan fingerprint density at radius 1 is 1.32 bits per heavy atom. The van der Waals surface area contributed by atoms with Crippen LogP contribution in [0.25, 0.3) is 0 Å². The fourth-order valence-corrected chi connectivity index (χ4v) is 2.53. The van der Waals surface area contributed by atoms with Crippen molar-refractivity contribution in [2.75, 3.05) is 0 Å². The summed E-state index contributed by atoms with van der Waals surface area (Å²) in [6.45, 7) is 4.23. The number of hydrogen-bond acceptors (Lipinski definition) is 5. The third kappa shape index (κ3) is 4.73. The molecule has 0 aromatic carbocycles. The van der Waals surface area contributed by atoms with Crippen LogP contribution in [0.15, 0.2) is 40.3 Å². The standard InChI is InChI=1S/C16H19NO4S/c1-11(2)9-13(21-16(19)14-6-4-8-22-14)15(18)17-10-12-5-3-7-20-12/h3-8,11,13H,9-10H2,1-2H3,(H,17,18)/t13-/m1/s1. The quantitative estimate of drug-likeness (QED) is 0.795. The molecule has 118 valence electrons. The number of hydrogen-bond donors (Lipinski definition) is 1. The first kappa shape index (κ1) is 16.3. The van der Waals surface area contributed by atoms with Gasteiger partial charge in [-0.05, 0) is 35.9 Å². The highest BCUT2D eigenvalue weighted by molar-refractivity contribution is 7.11. The second-order valence-corrected chi connectivity index (χ2v) is 6.25. The molecular weight excluding hydrogens is 302 g/mol. The van der Waals surface area contributed by atoms with E-state index in [1.54, 1.807) is 35.9 Å². The number of thiophene rings is 1. The first-order valence-corrected chi connectivity index (χ1v) is 7.99. The van der Waals surface area contributed by atoms with Crippen molar-refractivity contribution in [1.29, 1.82) is 0 Å². The van der Waals surface area contributed by atoms with E-state index in [1.165, 1.54) is 11.3 Å². The minimum Gasteiger partial charge on any atom is -0.467 e. The average Bonchev–Trinajstić information content (AvgIpc) is 3.16. The summed E-state index contributed by atoms with van der Waals surface area (Å²) in [4.78, 5) is 24.8. The van der Waals surface area contributed by atoms with E-state index in [0.717, 1.165) is 0 Å². The van der Waals surface area contributed by atoms with Crippen LogP contribution in [0.4, 0.5) is 0 Å². The monoisotopic (exact) mass is 321 g/mol. The normalized spacial score (nSPS) is 12.1. The summed E-state index contributed by atoms with van der Waals surface area (Å²) >= 11 is 1.29. The molecule has 0 aliphatic carbocycles. The molecule has 22 heavy (non-hydrogen) atoms. The summed E-state index contributed by atoms with van der Waals surface area (Å²) in [6.07, 6.45) is 1.22. The van der Waals surface area contributed by atoms with E-state index in [4.69, 9.17) is 9.15 Å². The van der Waals surface area contributed by atoms with Crippen molar-refractivity contribution in [3.8, 4) is 0 Å². The summed E-state index contributed by atoms with van der Waals surface area (Å²) in [7, 11) is 0. The largest absolute Gasteiger partial charge is 0.467 e. The number of ether oxygens (including phenoxy) is 1. The van der Waals surface area contributed by atoms with Crippen molar-refractivity contribution in [3.05, 3.63) is 46.5 Å². The summed E-state index contributed by atoms with van der Waals surface area (Å²) < 4.78 is 10.5. The van der Waals surface area contributed by atoms with Crippen LogP contribution >= 0.6 is 11.3 Å². The number of esters is 1. The smallest absolute Gasteiger partial charge is 0.349 e. The highest BCUT2D eigenvalue weighted by atomic mass is 32.1. The van der Waals surface area contributed by atoms with Gasteiger partial charge < -0.3 is 14.5 Å². The van der Waals surface area contributed by atoms with Crippen LogP contribution in [0.3, 0.4) is 0 Å². The fraction of sp³-hybridized carbons (Fsp3) is 0.375. The van der Waals surface area contributed by atoms with Crippen LogP contribution in [-0.4, -0.2) is 18.0 Å². The molecule has 1 N–H and O–H groups in total. The molecule has 0 fully saturated rings. The molecule has 0 unspecified atom stereocenters. The zero-order valence-corrected chi connectivity index (χ0v) is 13.4. The van der Waals surface area contributed by atoms with E-state index < -0.39 is 12.1 Å². The summed E-state index contributed by atoms with van der Waals surface area (Å²) in [5, 5.41) is 4.53. The fourth-order valence-electron chi connectivity index (χ4n) is 1.92. The van der Waals surface area contributed by atoms with Crippen LogP contribution in [0, 0.1) is 5.92 Å². The molecule has 2 aromatic heterocycles. The zero-order chi connectivity index (χ0) is 15.9. The third-order valence-electron chi connectivity index (χ3n) is 2.97. The molecule has 0 saturated carbocycles. The summed E-state index contributed by atoms with van der Waals surface area (Å²) in [5.74, 6) is 0.112. The Morgan fingerprint density at radius 3 is 2.73 bits per heavy atom. The van der Waals surface area contributed by atoms with Crippen molar-refractivity contribution in [2.45, 2.75) is 32.9 Å². The van der Waals surface area contributed by atoms with Crippen molar-refractivity contribution >= 4 is 23.2 Å². The Labute approximate surface area is 133 Å². The van der Waals surface area contributed by atoms with Crippen molar-refractivity contribution in [3.63, 3.8) is 0 Å². The number of rotatable bonds is 7. The lowest BCUT2D eigenvalue weighted by Crippen LogP contribution is -2.38. The summed E-state index contributed by atoms with van der Waals surface area (Å²) in [6, 6.07) is 6.98. The Kier molecular flexibility index (Phi) is 5.77. The van der Waals surface area contributed by atoms with Crippen LogP contribution in [0.5, 0.6) is 0 Å². The number of carbonyl (C=O) groups excluding carboxylic acids is 2. The van der Waals surface area contributed by atoms with Gasteiger partial charge in [0.15, 0.2) is 6.10 Å². The number of nitrogens with one attached hydrogen (secondary N) is 1. The number of furan rings is 1. The lowest BCUT2D eigenvalue weighted by atomic mass is 10.1. The highest BCUT2D eigenvalue weighted by Gasteiger charge is 2.25. The number of carbonyl (C=O) groups is 2. The van der Waals surface area contributed by atoms with E-state index in [0.29, 0.717) is 17.1 Å². The van der Waals surface area contributed by atoms with Gasteiger partial charge in [-0.1, -0.05) is 19.9 Å². The molecule has 1 atom stereocenters. The maximum absolute atomic E-state index is 12.3. The molecule has 2 aromatic rings. The van der Waals surface area contributed by atoms with Gasteiger partial charge in [-0.25, -0.2) is 4.79 Å². The van der Waals surface area contributed by atoms with Gasteiger partial charge in [0.2, 0.25) is 0 Å². The zero-order valence-electron chi connectivity index (χ0n) is 12.6. The Hall–Kier alpha value is -2.08. The van der Waals surface area contributed by atoms with Gasteiger partial charge in [-0.3, -0.25) is 4.79 Å². The second-order valence-electron chi connectivity index (χ2n) is 5.30. The third-order valence-corrected chi connectivity index (χ3v) is 3.82. The molecule has 1 amide bonds. The van der Waals surface area contributed by atoms with E-state index in [9.17, 15) is 9.59 Å². The molecule has 0 spiro atoms. The van der Waals surface area contributed by atoms with Gasteiger partial charge in [0, 0.05) is 0 Å². The van der Waals surface area contributed by atoms with Crippen LogP contribution in [0.1, 0.15) is 35.7 Å². The molecule has 2 rings (SSSR count). The van der Waals surface area contributed by atoms with Crippen molar-refractivity contribution < 1.29 is 18.7 Å². The van der Waals surface area contributed by atoms with Crippen molar-refractivity contribution in [1.82, 2.24) is 5.32 Å². The van der Waals surface area contributed by atoms with Gasteiger partial charge in [0.1, 0.15) is 10.6 Å². The highest BCUT2D eigenvalue weighted by Crippen LogP contribution is 2.15. The Morgan fingerprint density at radius 2 is 2.14 bits per heavy atom. The minimum atomic E-state index is -0.801. The molecular formula is C16H19NO4S. The molecule has 0 bridgehead atoms. The van der Waals surface area contributed by atoms with Crippen molar-refractivity contribution in [2.24, 2.45) is 5.92 Å². The maximum Gasteiger partial charge on any atom is 0.349 e. The molecule has 0 radical (unpaired) electrons. The van der Waals surface area contributed by atoms with Gasteiger partial charge >= 0.3 is 5.97 Å². The van der Waals surface area contributed by atoms with Gasteiger partial charge in [0.05, 0.1) is 12.8 Å². The van der Waals surface area contributed by atoms with Crippen LogP contribution < -0.4 is 5.32 Å². The summed E-state index contributed by atoms with van der Waals surface area (Å²) in [5.41, 5.74) is 0. The molecule has 0 aliphatic rings. The average molecular weight is 321 g/mol. The lowest BCUT2D eigenvalue weighted by Gasteiger charge is -2.18. The predicted molar refractivity (Wildman–Crippen MR) is 83.5 cm³/mol. The van der Waals surface area contributed by atoms with E-state index >= 15 is 0 Å². The maximum atomic E-state index is 12.3. The minimum absolute atomic E-state index is 0.232. The molecule has 6 heteroatoms. The molecule has 0 saturated heterocycles. The van der Waals surface area contributed by atoms with E-state index in [-0.39, 0.29) is 18.4 Å².